The van der Waals surface area contributed by atoms with E-state index in [1.165, 1.54) is 0 Å². The molecular formula is C14H11F5O5. The van der Waals surface area contributed by atoms with Gasteiger partial charge in [-0.15, -0.1) is 0 Å². The number of ketones is 1. The van der Waals surface area contributed by atoms with Crippen LogP contribution in [0.3, 0.4) is 0 Å². The van der Waals surface area contributed by atoms with Crippen molar-refractivity contribution in [3.63, 3.8) is 0 Å². The van der Waals surface area contributed by atoms with Crippen molar-refractivity contribution in [1.29, 1.82) is 0 Å². The average molecular weight is 354 g/mol. The first-order valence-corrected chi connectivity index (χ1v) is 6.24. The van der Waals surface area contributed by atoms with Crippen molar-refractivity contribution in [2.75, 3.05) is 13.7 Å². The third-order valence-corrected chi connectivity index (χ3v) is 2.84. The Kier molecular flexibility index (Phi) is 6.27. The molecule has 0 aromatic heterocycles. The molecule has 1 aromatic carbocycles. The number of hydrogen-bond acceptors (Lipinski definition) is 5. The van der Waals surface area contributed by atoms with Crippen LogP contribution in [0, 0.1) is 29.1 Å². The number of halogens is 5. The minimum atomic E-state index is -2.37. The zero-order valence-electron chi connectivity index (χ0n) is 12.4. The van der Waals surface area contributed by atoms with Crippen molar-refractivity contribution in [3.05, 3.63) is 40.4 Å². The topological polar surface area (TPSA) is 72.8 Å². The lowest BCUT2D eigenvalue weighted by molar-refractivity contribution is -0.140. The first kappa shape index (κ1) is 19.4. The average Bonchev–Trinajstić information content (AvgIpc) is 2.55. The van der Waals surface area contributed by atoms with Crippen molar-refractivity contribution in [3.8, 4) is 5.75 Å². The van der Waals surface area contributed by atoms with E-state index in [0.717, 1.165) is 14.0 Å². The molecule has 1 N–H and O–H groups in total. The van der Waals surface area contributed by atoms with Gasteiger partial charge in [0.1, 0.15) is 12.4 Å². The highest BCUT2D eigenvalue weighted by molar-refractivity contribution is 5.97. The number of carbonyl (C=O) groups is 2. The van der Waals surface area contributed by atoms with E-state index in [1.807, 2.05) is 0 Å². The summed E-state index contributed by atoms with van der Waals surface area (Å²) in [6.45, 7) is -0.128. The van der Waals surface area contributed by atoms with E-state index in [4.69, 9.17) is 0 Å². The Labute approximate surface area is 132 Å². The molecule has 0 fully saturated rings. The monoisotopic (exact) mass is 354 g/mol. The van der Waals surface area contributed by atoms with Crippen LogP contribution in [-0.4, -0.2) is 30.6 Å². The van der Waals surface area contributed by atoms with Crippen LogP contribution in [0.25, 0.3) is 0 Å². The van der Waals surface area contributed by atoms with Crippen molar-refractivity contribution in [2.24, 2.45) is 0 Å². The molecule has 5 nitrogen and oxygen atoms in total. The molecule has 0 atom stereocenters. The van der Waals surface area contributed by atoms with Crippen LogP contribution in [0.4, 0.5) is 22.0 Å². The lowest BCUT2D eigenvalue weighted by Crippen LogP contribution is -2.15. The maximum absolute atomic E-state index is 13.4. The second kappa shape index (κ2) is 7.75. The molecule has 0 heterocycles. The van der Waals surface area contributed by atoms with Gasteiger partial charge in [0.05, 0.1) is 13.5 Å². The highest BCUT2D eigenvalue weighted by atomic mass is 19.2. The molecule has 0 aliphatic rings. The van der Waals surface area contributed by atoms with Gasteiger partial charge in [-0.3, -0.25) is 9.59 Å². The molecule has 0 bridgehead atoms. The van der Waals surface area contributed by atoms with Crippen LogP contribution in [0.5, 0.6) is 5.75 Å². The standard InChI is InChI=1S/C14H11F5O5/c1-5(20)6(3-8(22)23-2)7(21)4-24-14-12(18)10(16)9(15)11(17)13(14)19/h21H,3-4H2,1-2H3/b7-6-. The molecule has 0 amide bonds. The van der Waals surface area contributed by atoms with Crippen LogP contribution in [0.2, 0.25) is 0 Å². The van der Waals surface area contributed by atoms with E-state index in [-0.39, 0.29) is 0 Å². The summed E-state index contributed by atoms with van der Waals surface area (Å²) in [6.07, 6.45) is -0.669. The first-order valence-electron chi connectivity index (χ1n) is 6.24. The highest BCUT2D eigenvalue weighted by Gasteiger charge is 2.27. The number of carbonyl (C=O) groups excluding carboxylic acids is 2. The molecule has 0 radical (unpaired) electrons. The van der Waals surface area contributed by atoms with Gasteiger partial charge in [-0.05, 0) is 6.92 Å². The summed E-state index contributed by atoms with van der Waals surface area (Å²) in [5.74, 6) is -15.5. The van der Waals surface area contributed by atoms with Gasteiger partial charge in [0.2, 0.25) is 29.1 Å². The highest BCUT2D eigenvalue weighted by Crippen LogP contribution is 2.29. The Morgan fingerprint density at radius 3 is 1.83 bits per heavy atom. The van der Waals surface area contributed by atoms with E-state index in [2.05, 4.69) is 9.47 Å². The Morgan fingerprint density at radius 2 is 1.42 bits per heavy atom. The molecule has 0 saturated carbocycles. The molecule has 1 aromatic rings. The van der Waals surface area contributed by atoms with Crippen LogP contribution in [0.15, 0.2) is 11.3 Å². The van der Waals surface area contributed by atoms with Crippen LogP contribution in [-0.2, 0) is 14.3 Å². The molecule has 132 valence electrons. The van der Waals surface area contributed by atoms with Gasteiger partial charge >= 0.3 is 5.97 Å². The zero-order valence-corrected chi connectivity index (χ0v) is 12.4. The summed E-state index contributed by atoms with van der Waals surface area (Å²) in [4.78, 5) is 22.5. The molecule has 1 rings (SSSR count). The smallest absolute Gasteiger partial charge is 0.310 e. The summed E-state index contributed by atoms with van der Waals surface area (Å²) < 4.78 is 74.3. The predicted molar refractivity (Wildman–Crippen MR) is 68.7 cm³/mol. The van der Waals surface area contributed by atoms with Gasteiger partial charge in [0, 0.05) is 5.57 Å². The van der Waals surface area contributed by atoms with E-state index < -0.39 is 70.9 Å². The van der Waals surface area contributed by atoms with E-state index in [9.17, 15) is 36.6 Å². The van der Waals surface area contributed by atoms with Gasteiger partial charge in [-0.25, -0.2) is 13.2 Å². The number of methoxy groups -OCH3 is 1. The van der Waals surface area contributed by atoms with Gasteiger partial charge in [0.25, 0.3) is 0 Å². The molecule has 10 heteroatoms. The molecule has 0 aliphatic heterocycles. The number of hydrogen-bond donors (Lipinski definition) is 1. The molecule has 0 spiro atoms. The summed E-state index contributed by atoms with van der Waals surface area (Å²) in [5.41, 5.74) is -0.495. The van der Waals surface area contributed by atoms with E-state index in [1.54, 1.807) is 0 Å². The summed E-state index contributed by atoms with van der Waals surface area (Å²) in [6, 6.07) is 0. The number of aliphatic hydroxyl groups excluding tert-OH is 1. The number of ether oxygens (including phenoxy) is 2. The number of benzene rings is 1. The van der Waals surface area contributed by atoms with Crippen LogP contribution < -0.4 is 4.74 Å². The van der Waals surface area contributed by atoms with Gasteiger partial charge < -0.3 is 14.6 Å². The second-order valence-electron chi connectivity index (χ2n) is 4.42. The minimum Gasteiger partial charge on any atom is -0.508 e. The van der Waals surface area contributed by atoms with Crippen molar-refractivity contribution >= 4 is 11.8 Å². The van der Waals surface area contributed by atoms with Crippen LogP contribution >= 0.6 is 0 Å². The Bertz CT molecular complexity index is 685. The summed E-state index contributed by atoms with van der Waals surface area (Å²) >= 11 is 0. The lowest BCUT2D eigenvalue weighted by Gasteiger charge is -2.11. The fraction of sp³-hybridized carbons (Fsp3) is 0.286. The third kappa shape index (κ3) is 4.00. The van der Waals surface area contributed by atoms with Gasteiger partial charge in [0.15, 0.2) is 11.5 Å². The maximum atomic E-state index is 13.4. The Morgan fingerprint density at radius 1 is 0.958 bits per heavy atom. The lowest BCUT2D eigenvalue weighted by atomic mass is 10.1. The Balaban J connectivity index is 3.13. The SMILES string of the molecule is COC(=O)C/C(C(C)=O)=C(/O)COc1c(F)c(F)c(F)c(F)c1F. The number of aliphatic hydroxyl groups is 1. The number of Topliss-reactive ketones (excluding diaryl/α,β-unsaturated/α-hetero) is 1. The zero-order chi connectivity index (χ0) is 18.6. The largest absolute Gasteiger partial charge is 0.508 e. The Hall–Kier alpha value is -2.65. The first-order chi connectivity index (χ1) is 11.1. The quantitative estimate of drug-likeness (QED) is 0.212. The predicted octanol–water partition coefficient (Wildman–Crippen LogP) is 2.73. The van der Waals surface area contributed by atoms with Gasteiger partial charge in [-0.1, -0.05) is 0 Å². The van der Waals surface area contributed by atoms with Crippen LogP contribution in [0.1, 0.15) is 13.3 Å². The summed E-state index contributed by atoms with van der Waals surface area (Å²) in [7, 11) is 1.02. The second-order valence-corrected chi connectivity index (χ2v) is 4.42. The fourth-order valence-corrected chi connectivity index (χ4v) is 1.59. The summed E-state index contributed by atoms with van der Waals surface area (Å²) in [5, 5.41) is 9.68. The third-order valence-electron chi connectivity index (χ3n) is 2.84. The van der Waals surface area contributed by atoms with Crippen molar-refractivity contribution in [1.82, 2.24) is 0 Å². The van der Waals surface area contributed by atoms with E-state index >= 15 is 0 Å². The normalized spacial score (nSPS) is 11.8. The molecular weight excluding hydrogens is 343 g/mol. The molecule has 0 aliphatic carbocycles. The van der Waals surface area contributed by atoms with Crippen molar-refractivity contribution < 1.29 is 46.1 Å². The number of esters is 1. The minimum absolute atomic E-state index is 0.495. The van der Waals surface area contributed by atoms with Gasteiger partial charge in [-0.2, -0.15) is 8.78 Å². The number of rotatable bonds is 6. The molecule has 0 unspecified atom stereocenters. The van der Waals surface area contributed by atoms with Crippen molar-refractivity contribution in [2.45, 2.75) is 13.3 Å². The van der Waals surface area contributed by atoms with E-state index in [0.29, 0.717) is 0 Å². The fourth-order valence-electron chi connectivity index (χ4n) is 1.59. The maximum Gasteiger partial charge on any atom is 0.310 e. The molecule has 0 saturated heterocycles. The molecule has 24 heavy (non-hydrogen) atoms.